The van der Waals surface area contributed by atoms with Gasteiger partial charge in [-0.3, -0.25) is 20.2 Å². The molecule has 0 fully saturated rings. The number of H-pyrrole nitrogens is 2. The summed E-state index contributed by atoms with van der Waals surface area (Å²) in [4.78, 5) is 26.1. The number of aromatic nitrogens is 5. The van der Waals surface area contributed by atoms with Crippen molar-refractivity contribution in [3.05, 3.63) is 40.0 Å². The van der Waals surface area contributed by atoms with Gasteiger partial charge in [-0.25, -0.2) is 9.97 Å². The van der Waals surface area contributed by atoms with Gasteiger partial charge in [-0.05, 0) is 6.92 Å². The van der Waals surface area contributed by atoms with E-state index in [0.29, 0.717) is 18.9 Å². The number of hydrogen-bond donors (Lipinski definition) is 3. The highest BCUT2D eigenvalue weighted by Gasteiger charge is 2.07. The minimum absolute atomic E-state index is 0.282. The zero-order chi connectivity index (χ0) is 18.6. The summed E-state index contributed by atoms with van der Waals surface area (Å²) < 4.78 is 0. The molecule has 2 heterocycles. The third kappa shape index (κ3) is 7.87. The molecule has 2 rings (SSSR count). The Labute approximate surface area is 159 Å². The fourth-order valence-corrected chi connectivity index (χ4v) is 3.54. The number of aromatic amines is 2. The topological polar surface area (TPSA) is 138 Å². The van der Waals surface area contributed by atoms with Gasteiger partial charge < -0.3 is 10.3 Å². The second-order valence-corrected chi connectivity index (χ2v) is 7.47. The number of nitrogens with zero attached hydrogens (tertiary/aromatic N) is 5. The predicted octanol–water partition coefficient (Wildman–Crippen LogP) is 1.27. The minimum Gasteiger partial charge on any atom is -0.368 e. The van der Waals surface area contributed by atoms with E-state index in [1.165, 1.54) is 6.33 Å². The lowest BCUT2D eigenvalue weighted by atomic mass is 10.4. The summed E-state index contributed by atoms with van der Waals surface area (Å²) in [5.41, 5.74) is 2.11. The molecule has 0 saturated carbocycles. The molecule has 0 atom stereocenters. The molecule has 10 nitrogen and oxygen atoms in total. The number of rotatable bonds is 12. The number of nitro groups is 1. The van der Waals surface area contributed by atoms with Crippen LogP contribution in [0.25, 0.3) is 0 Å². The van der Waals surface area contributed by atoms with Gasteiger partial charge in [-0.15, -0.1) is 0 Å². The molecular formula is C14H22N8O2S2. The molecule has 0 aliphatic carbocycles. The van der Waals surface area contributed by atoms with Gasteiger partial charge in [-0.2, -0.15) is 28.6 Å². The Morgan fingerprint density at radius 3 is 2.88 bits per heavy atom. The van der Waals surface area contributed by atoms with Crippen LogP contribution in [-0.4, -0.2) is 67.0 Å². The lowest BCUT2D eigenvalue weighted by Gasteiger charge is -2.07. The van der Waals surface area contributed by atoms with E-state index in [-0.39, 0.29) is 11.5 Å². The first-order chi connectivity index (χ1) is 12.6. The van der Waals surface area contributed by atoms with Crippen molar-refractivity contribution in [2.24, 2.45) is 4.99 Å². The highest BCUT2D eigenvalue weighted by Crippen LogP contribution is 2.11. The molecule has 0 aliphatic heterocycles. The first kappa shape index (κ1) is 20.2. The first-order valence-corrected chi connectivity index (χ1v) is 10.3. The number of aliphatic imine (C=N–C) groups is 1. The molecule has 0 radical (unpaired) electrons. The number of hydrogen-bond acceptors (Lipinski definition) is 8. The van der Waals surface area contributed by atoms with Gasteiger partial charge >= 0.3 is 0 Å². The summed E-state index contributed by atoms with van der Waals surface area (Å²) in [6.07, 6.45) is 3.16. The average molecular weight is 399 g/mol. The van der Waals surface area contributed by atoms with Gasteiger partial charge in [-0.1, -0.05) is 0 Å². The summed E-state index contributed by atoms with van der Waals surface area (Å²) in [5.74, 6) is 4.35. The number of imidazole rings is 1. The van der Waals surface area contributed by atoms with Gasteiger partial charge in [0.2, 0.25) is 0 Å². The molecule has 26 heavy (non-hydrogen) atoms. The molecule has 0 amide bonds. The molecule has 2 aromatic rings. The zero-order valence-corrected chi connectivity index (χ0v) is 16.1. The summed E-state index contributed by atoms with van der Waals surface area (Å²) in [5, 5.41) is 20.4. The molecule has 12 heteroatoms. The molecule has 3 N–H and O–H groups in total. The van der Waals surface area contributed by atoms with Crippen molar-refractivity contribution in [1.29, 1.82) is 0 Å². The van der Waals surface area contributed by atoms with E-state index in [0.717, 1.165) is 40.2 Å². The Balaban J connectivity index is 1.63. The van der Waals surface area contributed by atoms with Crippen LogP contribution in [0, 0.1) is 17.0 Å². The molecule has 0 spiro atoms. The number of amidine groups is 1. The lowest BCUT2D eigenvalue weighted by Crippen LogP contribution is -2.32. The van der Waals surface area contributed by atoms with E-state index in [9.17, 15) is 10.1 Å². The van der Waals surface area contributed by atoms with Crippen molar-refractivity contribution in [2.75, 3.05) is 31.1 Å². The number of aryl methyl sites for hydroxylation is 1. The maximum atomic E-state index is 10.8. The zero-order valence-electron chi connectivity index (χ0n) is 14.5. The second kappa shape index (κ2) is 11.5. The van der Waals surface area contributed by atoms with Crippen molar-refractivity contribution in [1.82, 2.24) is 30.5 Å². The van der Waals surface area contributed by atoms with Crippen molar-refractivity contribution < 1.29 is 4.92 Å². The van der Waals surface area contributed by atoms with E-state index in [4.69, 9.17) is 0 Å². The van der Waals surface area contributed by atoms with E-state index < -0.39 is 0 Å². The maximum absolute atomic E-state index is 10.8. The fraction of sp³-hybridized carbons (Fsp3) is 0.571. The molecule has 0 aliphatic rings. The smallest absolute Gasteiger partial charge is 0.259 e. The monoisotopic (exact) mass is 398 g/mol. The standard InChI is InChI=1S/C14H22N8O2S2/c1-11-12(18-9-17-11)7-25-4-2-15-13(6-22(23)24)16-3-5-26-8-14-19-10-20-21-14/h9-10H,2-8H2,1H3,(H,15,16)(H,17,18)(H,19,20,21). The van der Waals surface area contributed by atoms with Crippen LogP contribution in [0.5, 0.6) is 0 Å². The van der Waals surface area contributed by atoms with Crippen LogP contribution < -0.4 is 5.32 Å². The van der Waals surface area contributed by atoms with E-state index in [1.807, 2.05) is 6.92 Å². The van der Waals surface area contributed by atoms with Gasteiger partial charge in [0.05, 0.1) is 24.3 Å². The van der Waals surface area contributed by atoms with E-state index in [2.05, 4.69) is 35.5 Å². The molecular weight excluding hydrogens is 376 g/mol. The Morgan fingerprint density at radius 1 is 1.35 bits per heavy atom. The molecule has 142 valence electrons. The van der Waals surface area contributed by atoms with Crippen LogP contribution >= 0.6 is 23.5 Å². The molecule has 2 aromatic heterocycles. The van der Waals surface area contributed by atoms with E-state index >= 15 is 0 Å². The number of nitrogens with one attached hydrogen (secondary N) is 3. The van der Waals surface area contributed by atoms with Gasteiger partial charge in [0, 0.05) is 34.4 Å². The second-order valence-electron chi connectivity index (χ2n) is 5.26. The third-order valence-electron chi connectivity index (χ3n) is 3.27. The van der Waals surface area contributed by atoms with E-state index in [1.54, 1.807) is 29.9 Å². The minimum atomic E-state index is -0.367. The molecule has 0 aromatic carbocycles. The predicted molar refractivity (Wildman–Crippen MR) is 104 cm³/mol. The summed E-state index contributed by atoms with van der Waals surface area (Å²) >= 11 is 3.38. The van der Waals surface area contributed by atoms with Gasteiger partial charge in [0.25, 0.3) is 6.54 Å². The van der Waals surface area contributed by atoms with Gasteiger partial charge in [0.15, 0.2) is 5.84 Å². The molecule has 0 bridgehead atoms. The highest BCUT2D eigenvalue weighted by molar-refractivity contribution is 7.98. The Morgan fingerprint density at radius 2 is 2.19 bits per heavy atom. The van der Waals surface area contributed by atoms with Crippen molar-refractivity contribution in [2.45, 2.75) is 18.4 Å². The molecule has 0 saturated heterocycles. The first-order valence-electron chi connectivity index (χ1n) is 8.02. The van der Waals surface area contributed by atoms with Crippen molar-refractivity contribution in [3.63, 3.8) is 0 Å². The Hall–Kier alpha value is -2.08. The largest absolute Gasteiger partial charge is 0.368 e. The van der Waals surface area contributed by atoms with Crippen LogP contribution in [0.2, 0.25) is 0 Å². The SMILES string of the molecule is Cc1[nH]cnc1CSCCNC(C[N+](=O)[O-])=NCCSCc1ncn[nH]1. The molecule has 0 unspecified atom stereocenters. The Kier molecular flexibility index (Phi) is 8.96. The summed E-state index contributed by atoms with van der Waals surface area (Å²) in [7, 11) is 0. The third-order valence-corrected chi connectivity index (χ3v) is 5.19. The highest BCUT2D eigenvalue weighted by atomic mass is 32.2. The van der Waals surface area contributed by atoms with Crippen LogP contribution in [0.4, 0.5) is 0 Å². The van der Waals surface area contributed by atoms with Crippen LogP contribution in [0.15, 0.2) is 17.6 Å². The normalized spacial score (nSPS) is 11.7. The van der Waals surface area contributed by atoms with Gasteiger partial charge in [0.1, 0.15) is 12.2 Å². The van der Waals surface area contributed by atoms with Crippen LogP contribution in [-0.2, 0) is 11.5 Å². The Bertz CT molecular complexity index is 689. The number of thioether (sulfide) groups is 2. The van der Waals surface area contributed by atoms with Crippen molar-refractivity contribution >= 4 is 29.4 Å². The summed E-state index contributed by atoms with van der Waals surface area (Å²) in [6.45, 7) is 2.86. The lowest BCUT2D eigenvalue weighted by molar-refractivity contribution is -0.463. The van der Waals surface area contributed by atoms with Crippen LogP contribution in [0.1, 0.15) is 17.2 Å². The average Bonchev–Trinajstić information content (AvgIpc) is 3.25. The quantitative estimate of drug-likeness (QED) is 0.160. The van der Waals surface area contributed by atoms with Crippen LogP contribution in [0.3, 0.4) is 0 Å². The van der Waals surface area contributed by atoms with Crippen molar-refractivity contribution in [3.8, 4) is 0 Å². The fourth-order valence-electron chi connectivity index (χ4n) is 1.97. The summed E-state index contributed by atoms with van der Waals surface area (Å²) in [6, 6.07) is 0. The maximum Gasteiger partial charge on any atom is 0.259 e.